The predicted molar refractivity (Wildman–Crippen MR) is 65.5 cm³/mol. The van der Waals surface area contributed by atoms with Crippen LogP contribution in [0.25, 0.3) is 10.9 Å². The van der Waals surface area contributed by atoms with E-state index < -0.39 is 6.43 Å². The summed E-state index contributed by atoms with van der Waals surface area (Å²) < 4.78 is 24.1. The fourth-order valence-electron chi connectivity index (χ4n) is 1.99. The quantitative estimate of drug-likeness (QED) is 0.823. The molecule has 0 fully saturated rings. The molecule has 0 unspecified atom stereocenters. The summed E-state index contributed by atoms with van der Waals surface area (Å²) in [5, 5.41) is 3.99. The Hall–Kier alpha value is -1.42. The standard InChI is InChI=1S/C13H16F2N2/c1-9(16-8-13(14)15)6-10-7-17-12-5-3-2-4-11(10)12/h2-5,7,9,13,16-17H,6,8H2,1H3/t9-/m1/s1. The third-order valence-electron chi connectivity index (χ3n) is 2.82. The van der Waals surface area contributed by atoms with E-state index in [1.165, 1.54) is 0 Å². The molecule has 0 radical (unpaired) electrons. The van der Waals surface area contributed by atoms with E-state index >= 15 is 0 Å². The highest BCUT2D eigenvalue weighted by Gasteiger charge is 2.09. The normalized spacial score (nSPS) is 13.4. The van der Waals surface area contributed by atoms with E-state index in [0.717, 1.165) is 22.9 Å². The number of H-pyrrole nitrogens is 1. The first-order chi connectivity index (χ1) is 8.16. The van der Waals surface area contributed by atoms with Crippen molar-refractivity contribution in [2.24, 2.45) is 0 Å². The lowest BCUT2D eigenvalue weighted by atomic mass is 10.1. The maximum absolute atomic E-state index is 12.1. The molecule has 2 rings (SSSR count). The second-order valence-corrected chi connectivity index (χ2v) is 4.26. The minimum absolute atomic E-state index is 0.0446. The number of hydrogen-bond acceptors (Lipinski definition) is 1. The zero-order chi connectivity index (χ0) is 12.3. The summed E-state index contributed by atoms with van der Waals surface area (Å²) in [5.74, 6) is 0. The predicted octanol–water partition coefficient (Wildman–Crippen LogP) is 2.95. The van der Waals surface area contributed by atoms with Crippen LogP contribution in [-0.4, -0.2) is 24.0 Å². The van der Waals surface area contributed by atoms with Gasteiger partial charge in [0.1, 0.15) is 0 Å². The van der Waals surface area contributed by atoms with Gasteiger partial charge in [-0.25, -0.2) is 8.78 Å². The van der Waals surface area contributed by atoms with Crippen molar-refractivity contribution in [1.29, 1.82) is 0 Å². The van der Waals surface area contributed by atoms with Crippen LogP contribution in [0.1, 0.15) is 12.5 Å². The van der Waals surface area contributed by atoms with Crippen molar-refractivity contribution < 1.29 is 8.78 Å². The van der Waals surface area contributed by atoms with Gasteiger partial charge in [-0.3, -0.25) is 0 Å². The number of rotatable bonds is 5. The van der Waals surface area contributed by atoms with Crippen molar-refractivity contribution in [3.8, 4) is 0 Å². The van der Waals surface area contributed by atoms with Crippen molar-refractivity contribution in [2.45, 2.75) is 25.8 Å². The van der Waals surface area contributed by atoms with Gasteiger partial charge in [-0.1, -0.05) is 18.2 Å². The Kier molecular flexibility index (Phi) is 3.74. The van der Waals surface area contributed by atoms with Gasteiger partial charge in [-0.2, -0.15) is 0 Å². The summed E-state index contributed by atoms with van der Waals surface area (Å²) in [6, 6.07) is 8.05. The van der Waals surface area contributed by atoms with Gasteiger partial charge >= 0.3 is 0 Å². The number of aromatic nitrogens is 1. The van der Waals surface area contributed by atoms with Gasteiger partial charge in [0, 0.05) is 23.1 Å². The highest BCUT2D eigenvalue weighted by atomic mass is 19.3. The third kappa shape index (κ3) is 3.03. The van der Waals surface area contributed by atoms with E-state index in [4.69, 9.17) is 0 Å². The molecule has 0 saturated heterocycles. The van der Waals surface area contributed by atoms with E-state index in [1.807, 2.05) is 37.4 Å². The molecule has 0 saturated carbocycles. The van der Waals surface area contributed by atoms with Gasteiger partial charge in [0.15, 0.2) is 0 Å². The topological polar surface area (TPSA) is 27.8 Å². The molecule has 0 bridgehead atoms. The van der Waals surface area contributed by atoms with E-state index in [0.29, 0.717) is 0 Å². The van der Waals surface area contributed by atoms with Gasteiger partial charge in [0.2, 0.25) is 0 Å². The highest BCUT2D eigenvalue weighted by Crippen LogP contribution is 2.18. The molecule has 2 N–H and O–H groups in total. The molecule has 0 aliphatic heterocycles. The number of hydrogen-bond donors (Lipinski definition) is 2. The Bertz CT molecular complexity index is 479. The first-order valence-electron chi connectivity index (χ1n) is 5.73. The summed E-state index contributed by atoms with van der Waals surface area (Å²) in [5.41, 5.74) is 2.25. The Morgan fingerprint density at radius 3 is 2.82 bits per heavy atom. The van der Waals surface area contributed by atoms with Gasteiger partial charge in [-0.15, -0.1) is 0 Å². The van der Waals surface area contributed by atoms with Crippen molar-refractivity contribution in [1.82, 2.24) is 10.3 Å². The lowest BCUT2D eigenvalue weighted by Crippen LogP contribution is -2.32. The first kappa shape index (κ1) is 12.0. The summed E-state index contributed by atoms with van der Waals surface area (Å²) in [6.07, 6.45) is 0.405. The Morgan fingerprint density at radius 2 is 2.06 bits per heavy atom. The average Bonchev–Trinajstić information content (AvgIpc) is 2.70. The van der Waals surface area contributed by atoms with Gasteiger partial charge in [0.05, 0.1) is 6.54 Å². The fourth-order valence-corrected chi connectivity index (χ4v) is 1.99. The van der Waals surface area contributed by atoms with Crippen LogP contribution in [0.2, 0.25) is 0 Å². The number of fused-ring (bicyclic) bond motifs is 1. The summed E-state index contributed by atoms with van der Waals surface area (Å²) >= 11 is 0. The Morgan fingerprint density at radius 1 is 1.29 bits per heavy atom. The van der Waals surface area contributed by atoms with Crippen LogP contribution < -0.4 is 5.32 Å². The lowest BCUT2D eigenvalue weighted by Gasteiger charge is -2.12. The van der Waals surface area contributed by atoms with Crippen LogP contribution in [0.5, 0.6) is 0 Å². The van der Waals surface area contributed by atoms with E-state index in [1.54, 1.807) is 0 Å². The molecular formula is C13H16F2N2. The maximum Gasteiger partial charge on any atom is 0.250 e. The van der Waals surface area contributed by atoms with E-state index in [-0.39, 0.29) is 12.6 Å². The molecule has 0 aliphatic carbocycles. The number of aromatic amines is 1. The zero-order valence-corrected chi connectivity index (χ0v) is 9.71. The van der Waals surface area contributed by atoms with Crippen LogP contribution in [0.4, 0.5) is 8.78 Å². The smallest absolute Gasteiger partial charge is 0.250 e. The monoisotopic (exact) mass is 238 g/mol. The maximum atomic E-state index is 12.1. The Balaban J connectivity index is 2.03. The van der Waals surface area contributed by atoms with Gasteiger partial charge in [-0.05, 0) is 25.0 Å². The number of para-hydroxylation sites is 1. The second-order valence-electron chi connectivity index (χ2n) is 4.26. The SMILES string of the molecule is C[C@H](Cc1c[nH]c2ccccc12)NCC(F)F. The zero-order valence-electron chi connectivity index (χ0n) is 9.71. The Labute approximate surface area is 99.0 Å². The number of halogens is 2. The minimum atomic E-state index is -2.29. The second kappa shape index (κ2) is 5.27. The van der Waals surface area contributed by atoms with E-state index in [2.05, 4.69) is 10.3 Å². The largest absolute Gasteiger partial charge is 0.361 e. The highest BCUT2D eigenvalue weighted by molar-refractivity contribution is 5.83. The third-order valence-corrected chi connectivity index (χ3v) is 2.82. The first-order valence-corrected chi connectivity index (χ1v) is 5.73. The molecule has 2 nitrogen and oxygen atoms in total. The molecule has 1 aromatic carbocycles. The molecule has 92 valence electrons. The van der Waals surface area contributed by atoms with Crippen LogP contribution >= 0.6 is 0 Å². The summed E-state index contributed by atoms with van der Waals surface area (Å²) in [4.78, 5) is 3.18. The molecule has 2 aromatic rings. The number of nitrogens with one attached hydrogen (secondary N) is 2. The average molecular weight is 238 g/mol. The summed E-state index contributed by atoms with van der Waals surface area (Å²) in [6.45, 7) is 1.67. The number of alkyl halides is 2. The number of benzene rings is 1. The molecule has 1 aromatic heterocycles. The molecule has 1 atom stereocenters. The molecular weight excluding hydrogens is 222 g/mol. The fraction of sp³-hybridized carbons (Fsp3) is 0.385. The van der Waals surface area contributed by atoms with Crippen LogP contribution in [0.3, 0.4) is 0 Å². The molecule has 4 heteroatoms. The molecule has 0 spiro atoms. The molecule has 17 heavy (non-hydrogen) atoms. The molecule has 1 heterocycles. The van der Waals surface area contributed by atoms with E-state index in [9.17, 15) is 8.78 Å². The van der Waals surface area contributed by atoms with Crippen molar-refractivity contribution >= 4 is 10.9 Å². The van der Waals surface area contributed by atoms with Crippen molar-refractivity contribution in [3.05, 3.63) is 36.0 Å². The van der Waals surface area contributed by atoms with Crippen LogP contribution in [0.15, 0.2) is 30.5 Å². The van der Waals surface area contributed by atoms with Crippen molar-refractivity contribution in [2.75, 3.05) is 6.54 Å². The molecule has 0 aliphatic rings. The van der Waals surface area contributed by atoms with Crippen molar-refractivity contribution in [3.63, 3.8) is 0 Å². The molecule has 0 amide bonds. The minimum Gasteiger partial charge on any atom is -0.361 e. The van der Waals surface area contributed by atoms with Gasteiger partial charge < -0.3 is 10.3 Å². The van der Waals surface area contributed by atoms with Gasteiger partial charge in [0.25, 0.3) is 6.43 Å². The van der Waals surface area contributed by atoms with Crippen LogP contribution in [-0.2, 0) is 6.42 Å². The lowest BCUT2D eigenvalue weighted by molar-refractivity contribution is 0.142. The summed E-state index contributed by atoms with van der Waals surface area (Å²) in [7, 11) is 0. The van der Waals surface area contributed by atoms with Crippen LogP contribution in [0, 0.1) is 0 Å².